The number of nitrogens with two attached hydrogens (primary N) is 1. The molecule has 0 bridgehead atoms. The molecule has 2 rings (SSSR count). The number of guanidine groups is 1. The molecule has 3 N–H and O–H groups in total. The molecule has 0 aromatic heterocycles. The number of benzene rings is 2. The van der Waals surface area contributed by atoms with Gasteiger partial charge in [0.25, 0.3) is 0 Å². The van der Waals surface area contributed by atoms with Gasteiger partial charge < -0.3 is 20.5 Å². The van der Waals surface area contributed by atoms with Gasteiger partial charge in [0.1, 0.15) is 11.5 Å². The van der Waals surface area contributed by atoms with Crippen molar-refractivity contribution in [3.8, 4) is 11.5 Å². The Morgan fingerprint density at radius 3 is 2.36 bits per heavy atom. The van der Waals surface area contributed by atoms with Gasteiger partial charge in [0, 0.05) is 11.3 Å². The van der Waals surface area contributed by atoms with E-state index < -0.39 is 13.0 Å². The number of rotatable bonds is 6. The summed E-state index contributed by atoms with van der Waals surface area (Å²) in [6, 6.07) is 9.53. The number of hydrogen-bond donors (Lipinski definition) is 2. The second-order valence-corrected chi connectivity index (χ2v) is 5.39. The van der Waals surface area contributed by atoms with Crippen LogP contribution in [0.3, 0.4) is 0 Å². The van der Waals surface area contributed by atoms with Crippen LogP contribution >= 0.6 is 24.0 Å². The molecule has 0 saturated carbocycles. The third-order valence-electron chi connectivity index (χ3n) is 3.21. The van der Waals surface area contributed by atoms with Crippen LogP contribution in [0.5, 0.6) is 11.5 Å². The molecule has 0 amide bonds. The van der Waals surface area contributed by atoms with E-state index in [4.69, 9.17) is 5.73 Å². The van der Waals surface area contributed by atoms with Crippen LogP contribution in [0.2, 0.25) is 0 Å². The maximum atomic E-state index is 12.4. The fourth-order valence-corrected chi connectivity index (χ4v) is 2.14. The third kappa shape index (κ3) is 8.15. The summed E-state index contributed by atoms with van der Waals surface area (Å²) >= 11 is 0. The van der Waals surface area contributed by atoms with Crippen molar-refractivity contribution < 1.29 is 31.4 Å². The standard InChI is InChI=1S/C17H16F5N3O2.HI/c1-10-2-7-14(26-15(18)19)11(8-10)9-24-16(23)25-12-3-5-13(6-4-12)27-17(20,21)22;/h2-8,15H,9H2,1H3,(H3,23,24,25);1H. The lowest BCUT2D eigenvalue weighted by molar-refractivity contribution is -0.274. The largest absolute Gasteiger partial charge is 0.573 e. The second-order valence-electron chi connectivity index (χ2n) is 5.39. The maximum Gasteiger partial charge on any atom is 0.573 e. The highest BCUT2D eigenvalue weighted by molar-refractivity contribution is 14.0. The van der Waals surface area contributed by atoms with Gasteiger partial charge in [0.15, 0.2) is 5.96 Å². The van der Waals surface area contributed by atoms with E-state index in [1.807, 2.05) is 0 Å². The van der Waals surface area contributed by atoms with Crippen molar-refractivity contribution in [1.29, 1.82) is 0 Å². The van der Waals surface area contributed by atoms with Crippen LogP contribution in [0, 0.1) is 6.92 Å². The molecule has 0 fully saturated rings. The highest BCUT2D eigenvalue weighted by Gasteiger charge is 2.30. The number of alkyl halides is 5. The average Bonchev–Trinajstić information content (AvgIpc) is 2.55. The molecular weight excluding hydrogens is 500 g/mol. The van der Waals surface area contributed by atoms with Crippen molar-refractivity contribution >= 4 is 35.6 Å². The summed E-state index contributed by atoms with van der Waals surface area (Å²) in [6.07, 6.45) is -4.78. The number of ether oxygens (including phenoxy) is 2. The lowest BCUT2D eigenvalue weighted by Crippen LogP contribution is -2.22. The van der Waals surface area contributed by atoms with Crippen molar-refractivity contribution in [3.63, 3.8) is 0 Å². The van der Waals surface area contributed by atoms with E-state index in [-0.39, 0.29) is 48.0 Å². The van der Waals surface area contributed by atoms with Gasteiger partial charge in [-0.15, -0.1) is 37.1 Å². The Bertz CT molecular complexity index is 798. The van der Waals surface area contributed by atoms with E-state index in [0.717, 1.165) is 17.7 Å². The van der Waals surface area contributed by atoms with Gasteiger partial charge in [-0.2, -0.15) is 8.78 Å². The van der Waals surface area contributed by atoms with Crippen LogP contribution in [-0.4, -0.2) is 18.9 Å². The van der Waals surface area contributed by atoms with E-state index in [1.165, 1.54) is 18.2 Å². The number of anilines is 1. The zero-order valence-electron chi connectivity index (χ0n) is 14.5. The van der Waals surface area contributed by atoms with Gasteiger partial charge in [-0.25, -0.2) is 4.99 Å². The van der Waals surface area contributed by atoms with Gasteiger partial charge in [-0.05, 0) is 37.3 Å². The van der Waals surface area contributed by atoms with E-state index >= 15 is 0 Å². The number of halogens is 6. The minimum Gasteiger partial charge on any atom is -0.434 e. The molecule has 0 spiro atoms. The number of nitrogens with one attached hydrogen (secondary N) is 1. The molecule has 154 valence electrons. The molecule has 0 aliphatic rings. The normalized spacial score (nSPS) is 11.8. The molecule has 0 saturated heterocycles. The summed E-state index contributed by atoms with van der Waals surface area (Å²) < 4.78 is 69.4. The van der Waals surface area contributed by atoms with Crippen molar-refractivity contribution in [2.45, 2.75) is 26.4 Å². The number of aliphatic imine (C=N–C) groups is 1. The van der Waals surface area contributed by atoms with Gasteiger partial charge >= 0.3 is 13.0 Å². The smallest absolute Gasteiger partial charge is 0.434 e. The van der Waals surface area contributed by atoms with Crippen LogP contribution in [0.15, 0.2) is 47.5 Å². The molecule has 2 aromatic rings. The maximum absolute atomic E-state index is 12.4. The summed E-state index contributed by atoms with van der Waals surface area (Å²) in [6.45, 7) is -1.22. The summed E-state index contributed by atoms with van der Waals surface area (Å²) in [5, 5.41) is 2.68. The fraction of sp³-hybridized carbons (Fsp3) is 0.235. The SMILES string of the molecule is Cc1ccc(OC(F)F)c(CN=C(N)Nc2ccc(OC(F)(F)F)cc2)c1.I. The highest BCUT2D eigenvalue weighted by atomic mass is 127. The Morgan fingerprint density at radius 1 is 1.14 bits per heavy atom. The summed E-state index contributed by atoms with van der Waals surface area (Å²) in [7, 11) is 0. The Morgan fingerprint density at radius 2 is 1.79 bits per heavy atom. The van der Waals surface area contributed by atoms with E-state index in [2.05, 4.69) is 19.8 Å². The van der Waals surface area contributed by atoms with Crippen LogP contribution in [0.25, 0.3) is 0 Å². The van der Waals surface area contributed by atoms with Gasteiger partial charge in [0.2, 0.25) is 0 Å². The first-order valence-corrected chi connectivity index (χ1v) is 7.59. The number of nitrogens with zero attached hydrogens (tertiary/aromatic N) is 1. The zero-order valence-corrected chi connectivity index (χ0v) is 16.8. The minimum atomic E-state index is -4.78. The Hall–Kier alpha value is -2.31. The predicted molar refractivity (Wildman–Crippen MR) is 105 cm³/mol. The number of hydrogen-bond acceptors (Lipinski definition) is 3. The van der Waals surface area contributed by atoms with Crippen LogP contribution in [0.4, 0.5) is 27.6 Å². The molecule has 11 heteroatoms. The number of aryl methyl sites for hydroxylation is 1. The Kier molecular flexibility index (Phi) is 8.72. The molecule has 0 aliphatic heterocycles. The first kappa shape index (κ1) is 23.7. The monoisotopic (exact) mass is 517 g/mol. The molecule has 2 aromatic carbocycles. The topological polar surface area (TPSA) is 68.9 Å². The molecule has 0 unspecified atom stereocenters. The third-order valence-corrected chi connectivity index (χ3v) is 3.21. The first-order valence-electron chi connectivity index (χ1n) is 7.59. The summed E-state index contributed by atoms with van der Waals surface area (Å²) in [5.41, 5.74) is 7.33. The van der Waals surface area contributed by atoms with Crippen molar-refractivity contribution in [2.24, 2.45) is 10.7 Å². The molecule has 0 aliphatic carbocycles. The molecule has 28 heavy (non-hydrogen) atoms. The lowest BCUT2D eigenvalue weighted by atomic mass is 10.1. The minimum absolute atomic E-state index is 0. The van der Waals surface area contributed by atoms with Crippen LogP contribution < -0.4 is 20.5 Å². The van der Waals surface area contributed by atoms with Gasteiger partial charge in [-0.3, -0.25) is 0 Å². The first-order chi connectivity index (χ1) is 12.6. The van der Waals surface area contributed by atoms with E-state index in [1.54, 1.807) is 19.1 Å². The van der Waals surface area contributed by atoms with Crippen molar-refractivity contribution in [2.75, 3.05) is 5.32 Å². The average molecular weight is 517 g/mol. The molecule has 0 heterocycles. The van der Waals surface area contributed by atoms with Gasteiger partial charge in [-0.1, -0.05) is 17.7 Å². The molecular formula is C17H17F5IN3O2. The fourth-order valence-electron chi connectivity index (χ4n) is 2.14. The summed E-state index contributed by atoms with van der Waals surface area (Å²) in [5.74, 6) is -0.443. The van der Waals surface area contributed by atoms with Crippen molar-refractivity contribution in [3.05, 3.63) is 53.6 Å². The second kappa shape index (κ2) is 10.3. The van der Waals surface area contributed by atoms with Crippen LogP contribution in [0.1, 0.15) is 11.1 Å². The zero-order chi connectivity index (χ0) is 20.0. The lowest BCUT2D eigenvalue weighted by Gasteiger charge is -2.11. The van der Waals surface area contributed by atoms with E-state index in [9.17, 15) is 22.0 Å². The molecule has 5 nitrogen and oxygen atoms in total. The van der Waals surface area contributed by atoms with Crippen molar-refractivity contribution in [1.82, 2.24) is 0 Å². The molecule has 0 radical (unpaired) electrons. The van der Waals surface area contributed by atoms with E-state index in [0.29, 0.717) is 11.3 Å². The van der Waals surface area contributed by atoms with Crippen LogP contribution in [-0.2, 0) is 6.54 Å². The Labute approximate surface area is 174 Å². The quantitative estimate of drug-likeness (QED) is 0.244. The molecule has 0 atom stereocenters. The summed E-state index contributed by atoms with van der Waals surface area (Å²) in [4.78, 5) is 4.03. The highest BCUT2D eigenvalue weighted by Crippen LogP contribution is 2.24. The van der Waals surface area contributed by atoms with Gasteiger partial charge in [0.05, 0.1) is 6.54 Å². The predicted octanol–water partition coefficient (Wildman–Crippen LogP) is 5.04. The Balaban J connectivity index is 0.00000392.